The van der Waals surface area contributed by atoms with Crippen LogP contribution in [0, 0.1) is 5.92 Å². The van der Waals surface area contributed by atoms with Crippen molar-refractivity contribution in [3.8, 4) is 0 Å². The number of esters is 1. The molecule has 1 aromatic carbocycles. The lowest BCUT2D eigenvalue weighted by molar-refractivity contribution is -0.149. The lowest BCUT2D eigenvalue weighted by Gasteiger charge is -2.23. The molecule has 0 heterocycles. The monoisotopic (exact) mass is 722 g/mol. The molecule has 0 radical (unpaired) electrons. The van der Waals surface area contributed by atoms with E-state index in [1.165, 1.54) is 64.2 Å². The Kier molecular flexibility index (Phi) is 34.5. The van der Waals surface area contributed by atoms with E-state index in [1.54, 1.807) is 14.2 Å². The van der Waals surface area contributed by atoms with Gasteiger partial charge in [0.05, 0.1) is 12.5 Å². The van der Waals surface area contributed by atoms with Gasteiger partial charge in [0.25, 0.3) is 10.9 Å². The van der Waals surface area contributed by atoms with E-state index in [4.69, 9.17) is 9.47 Å². The van der Waals surface area contributed by atoms with E-state index < -0.39 is 10.9 Å². The lowest BCUT2D eigenvalue weighted by atomic mass is 9.95. The highest BCUT2D eigenvalue weighted by Crippen LogP contribution is 2.19. The Morgan fingerprint density at radius 3 is 1.76 bits per heavy atom. The Morgan fingerprint density at radius 1 is 0.647 bits per heavy atom. The molecular formula is C42H79N3O6. The molecule has 0 amide bonds. The van der Waals surface area contributed by atoms with Crippen molar-refractivity contribution in [2.45, 2.75) is 175 Å². The molecule has 0 aromatic heterocycles. The van der Waals surface area contributed by atoms with Crippen molar-refractivity contribution in [3.05, 3.63) is 20.4 Å². The molecular weight excluding hydrogens is 642 g/mol. The van der Waals surface area contributed by atoms with Crippen LogP contribution in [-0.2, 0) is 19.1 Å². The molecule has 0 saturated carbocycles. The number of rotatable bonds is 36. The number of carbonyl (C=O) groups excluding carboxylic acids is 2. The van der Waals surface area contributed by atoms with Crippen LogP contribution in [0.1, 0.15) is 175 Å². The smallest absolute Gasteiger partial charge is 0.308 e. The van der Waals surface area contributed by atoms with Gasteiger partial charge in [0.15, 0.2) is 0 Å². The summed E-state index contributed by atoms with van der Waals surface area (Å²) in [6, 6.07) is 0. The fraction of sp³-hybridized carbons (Fsp3) is 0.857. The largest absolute Gasteiger partial charge is 0.465 e. The van der Waals surface area contributed by atoms with Crippen molar-refractivity contribution in [2.75, 3.05) is 64.2 Å². The molecule has 0 spiro atoms. The van der Waals surface area contributed by atoms with Crippen LogP contribution in [0.3, 0.4) is 0 Å². The molecule has 0 aliphatic rings. The molecule has 9 heteroatoms. The van der Waals surface area contributed by atoms with Crippen molar-refractivity contribution in [3.63, 3.8) is 0 Å². The maximum Gasteiger partial charge on any atom is 0.308 e. The number of hydrogen-bond donors (Lipinski definition) is 2. The summed E-state index contributed by atoms with van der Waals surface area (Å²) in [5.41, 5.74) is -0.0529. The Balaban J connectivity index is 0.00000243. The van der Waals surface area contributed by atoms with E-state index in [-0.39, 0.29) is 11.9 Å². The molecule has 1 rings (SSSR count). The van der Waals surface area contributed by atoms with Gasteiger partial charge in [0, 0.05) is 33.7 Å². The zero-order valence-electron chi connectivity index (χ0n) is 33.8. The van der Waals surface area contributed by atoms with Crippen LogP contribution in [0.5, 0.6) is 0 Å². The molecule has 298 valence electrons. The van der Waals surface area contributed by atoms with E-state index in [2.05, 4.69) is 36.3 Å². The van der Waals surface area contributed by atoms with Crippen LogP contribution in [-0.4, -0.2) is 70.7 Å². The van der Waals surface area contributed by atoms with Crippen molar-refractivity contribution < 1.29 is 19.1 Å². The number of nitrogens with zero attached hydrogens (tertiary/aromatic N) is 1. The maximum absolute atomic E-state index is 12.6. The third-order valence-electron chi connectivity index (χ3n) is 9.62. The second-order valence-corrected chi connectivity index (χ2v) is 14.2. The Bertz CT molecular complexity index is 1000. The second-order valence-electron chi connectivity index (χ2n) is 14.2. The van der Waals surface area contributed by atoms with Crippen LogP contribution in [0.25, 0.3) is 0 Å². The van der Waals surface area contributed by atoms with Crippen LogP contribution in [0.15, 0.2) is 9.59 Å². The molecule has 1 atom stereocenters. The minimum absolute atomic E-state index is 0.0140. The number of nitrogens with one attached hydrogen (secondary N) is 2. The molecule has 2 N–H and O–H groups in total. The number of methoxy groups -OCH3 is 1. The summed E-state index contributed by atoms with van der Waals surface area (Å²) >= 11 is 0. The Hall–Kier alpha value is -2.26. The minimum atomic E-state index is -0.438. The first-order valence-electron chi connectivity index (χ1n) is 21.0. The van der Waals surface area contributed by atoms with E-state index in [0.29, 0.717) is 30.9 Å². The summed E-state index contributed by atoms with van der Waals surface area (Å²) in [6.07, 6.45) is 27.9. The lowest BCUT2D eigenvalue weighted by Crippen LogP contribution is -2.37. The van der Waals surface area contributed by atoms with Crippen LogP contribution in [0.4, 0.5) is 11.4 Å². The normalized spacial score (nSPS) is 11.7. The zero-order valence-corrected chi connectivity index (χ0v) is 33.8. The summed E-state index contributed by atoms with van der Waals surface area (Å²) < 4.78 is 10.6. The molecule has 0 fully saturated rings. The van der Waals surface area contributed by atoms with Gasteiger partial charge in [0.2, 0.25) is 0 Å². The summed E-state index contributed by atoms with van der Waals surface area (Å²) in [7, 11) is 3.42. The molecule has 0 aliphatic carbocycles. The average Bonchev–Trinajstić information content (AvgIpc) is 3.14. The predicted molar refractivity (Wildman–Crippen MR) is 216 cm³/mol. The van der Waals surface area contributed by atoms with Gasteiger partial charge in [0.1, 0.15) is 17.7 Å². The number of aldehydes is 1. The number of unbranched alkanes of at least 4 members (excludes halogenated alkanes) is 16. The van der Waals surface area contributed by atoms with Gasteiger partial charge < -0.3 is 29.8 Å². The number of ether oxygens (including phenoxy) is 2. The standard InChI is InChI=1S/C34H61N3O5.C8H18O/c1-4-6-15-22-29(21-7-5-2)34(41)42-28-19-14-10-12-17-25-37(24-16-11-8-9-13-18-27-38)26-20-23-36-31-30(35-3)32(39)33(31)40;1-3-4-5-6-7-8-9-2/h27,29,35-36H,4-26,28H2,1-3H3;3-8H2,1-2H3. The van der Waals surface area contributed by atoms with Gasteiger partial charge in [-0.15, -0.1) is 0 Å². The van der Waals surface area contributed by atoms with Gasteiger partial charge >= 0.3 is 5.97 Å². The Morgan fingerprint density at radius 2 is 1.16 bits per heavy atom. The maximum atomic E-state index is 12.6. The van der Waals surface area contributed by atoms with Gasteiger partial charge in [-0.3, -0.25) is 14.4 Å². The summed E-state index contributed by atoms with van der Waals surface area (Å²) in [5.74, 6) is 0.0907. The first-order chi connectivity index (χ1) is 24.9. The van der Waals surface area contributed by atoms with Crippen LogP contribution < -0.4 is 21.5 Å². The fourth-order valence-electron chi connectivity index (χ4n) is 6.32. The number of hydrogen-bond acceptors (Lipinski definition) is 9. The summed E-state index contributed by atoms with van der Waals surface area (Å²) in [6.45, 7) is 11.8. The predicted octanol–water partition coefficient (Wildman–Crippen LogP) is 9.45. The third-order valence-corrected chi connectivity index (χ3v) is 9.62. The van der Waals surface area contributed by atoms with Gasteiger partial charge in [-0.1, -0.05) is 117 Å². The Labute approximate surface area is 312 Å². The number of anilines is 2. The van der Waals surface area contributed by atoms with Crippen molar-refractivity contribution in [2.24, 2.45) is 5.92 Å². The molecule has 0 bridgehead atoms. The van der Waals surface area contributed by atoms with E-state index >= 15 is 0 Å². The topological polar surface area (TPSA) is 114 Å². The molecule has 0 saturated heterocycles. The SMILES string of the molecule is CCCCCC(CCCC)C(=O)OCCCCCCCN(CCCCCCCC=O)CCCNc1c(NC)c(=O)c1=O.CCCCCCCOC. The second kappa shape index (κ2) is 36.1. The van der Waals surface area contributed by atoms with Crippen molar-refractivity contribution in [1.82, 2.24) is 4.90 Å². The van der Waals surface area contributed by atoms with E-state index in [9.17, 15) is 19.2 Å². The first-order valence-corrected chi connectivity index (χ1v) is 21.0. The van der Waals surface area contributed by atoms with Gasteiger partial charge in [-0.05, 0) is 71.0 Å². The van der Waals surface area contributed by atoms with Crippen LogP contribution >= 0.6 is 0 Å². The highest BCUT2D eigenvalue weighted by atomic mass is 16.5. The third kappa shape index (κ3) is 26.2. The fourth-order valence-corrected chi connectivity index (χ4v) is 6.32. The quantitative estimate of drug-likeness (QED) is 0.0303. The van der Waals surface area contributed by atoms with Gasteiger partial charge in [-0.2, -0.15) is 0 Å². The molecule has 9 nitrogen and oxygen atoms in total. The zero-order chi connectivity index (χ0) is 37.8. The van der Waals surface area contributed by atoms with E-state index in [1.807, 2.05) is 0 Å². The van der Waals surface area contributed by atoms with Crippen LogP contribution in [0.2, 0.25) is 0 Å². The first kappa shape index (κ1) is 48.7. The highest BCUT2D eigenvalue weighted by molar-refractivity contribution is 5.73. The molecule has 1 unspecified atom stereocenters. The average molecular weight is 722 g/mol. The van der Waals surface area contributed by atoms with Gasteiger partial charge in [-0.25, -0.2) is 0 Å². The summed E-state index contributed by atoms with van der Waals surface area (Å²) in [5, 5.41) is 5.95. The molecule has 51 heavy (non-hydrogen) atoms. The molecule has 1 aromatic rings. The van der Waals surface area contributed by atoms with E-state index in [0.717, 1.165) is 116 Å². The number of carbonyl (C=O) groups is 2. The molecule has 0 aliphatic heterocycles. The van der Waals surface area contributed by atoms with Crippen molar-refractivity contribution >= 4 is 23.6 Å². The summed E-state index contributed by atoms with van der Waals surface area (Å²) in [4.78, 5) is 48.9. The van der Waals surface area contributed by atoms with Crippen molar-refractivity contribution in [1.29, 1.82) is 0 Å². The minimum Gasteiger partial charge on any atom is -0.465 e. The highest BCUT2D eigenvalue weighted by Gasteiger charge is 2.20.